The Morgan fingerprint density at radius 2 is 1.14 bits per heavy atom. The fraction of sp³-hybridized carbons (Fsp3) is 0.226. The van der Waals surface area contributed by atoms with Gasteiger partial charge in [-0.2, -0.15) is 0 Å². The summed E-state index contributed by atoms with van der Waals surface area (Å²) >= 11 is 0. The number of rotatable bonds is 9. The van der Waals surface area contributed by atoms with E-state index < -0.39 is 11.6 Å². The fourth-order valence-electron chi connectivity index (χ4n) is 9.48. The topological polar surface area (TPSA) is 33.1 Å². The Labute approximate surface area is 404 Å². The summed E-state index contributed by atoms with van der Waals surface area (Å²) in [6, 6.07) is 53.9. The summed E-state index contributed by atoms with van der Waals surface area (Å²) in [5.41, 5.74) is 12.9. The lowest BCUT2D eigenvalue weighted by Gasteiger charge is -2.20. The van der Waals surface area contributed by atoms with Gasteiger partial charge in [-0.15, -0.1) is 0 Å². The third-order valence-corrected chi connectivity index (χ3v) is 13.4. The van der Waals surface area contributed by atoms with E-state index in [0.29, 0.717) is 22.6 Å². The van der Waals surface area contributed by atoms with Crippen LogP contribution in [-0.2, 0) is 10.8 Å². The SMILES string of the molecule is CC(C)c1cc(-c2cccc(-c3cc(F)cc(F)c3)c2[N+]2=C=[N+](c3cc(Oc4ccc5c6ccccc6n(-c6cc(C(C)(C)C)ccn6)c5c4)cc(C(C)(C)C)c3)c3ccccc32)cc(C(C)C)c1. The molecule has 9 aromatic rings. The smallest absolute Gasteiger partial charge is 0.457 e. The number of para-hydroxylation sites is 4. The summed E-state index contributed by atoms with van der Waals surface area (Å²) in [4.78, 5) is 4.90. The highest BCUT2D eigenvalue weighted by Crippen LogP contribution is 2.47. The van der Waals surface area contributed by atoms with Crippen molar-refractivity contribution in [3.63, 3.8) is 0 Å². The van der Waals surface area contributed by atoms with Gasteiger partial charge in [0.05, 0.1) is 28.2 Å². The molecule has 0 radical (unpaired) electrons. The Morgan fingerprint density at radius 1 is 0.536 bits per heavy atom. The maximum atomic E-state index is 15.2. The summed E-state index contributed by atoms with van der Waals surface area (Å²) in [5.74, 6) is 1.51. The van der Waals surface area contributed by atoms with Gasteiger partial charge in [-0.3, -0.25) is 4.57 Å². The zero-order valence-corrected chi connectivity index (χ0v) is 41.1. The zero-order valence-electron chi connectivity index (χ0n) is 41.1. The second-order valence-electron chi connectivity index (χ2n) is 21.1. The van der Waals surface area contributed by atoms with Gasteiger partial charge in [0.25, 0.3) is 11.4 Å². The standard InChI is InChI=1S/C62H58F2N4O/c1-38(2)40-26-41(39(3)4)28-42(27-40)51-17-15-18-52(43-29-46(63)34-47(64)30-43)60(51)67-37-66(56-20-13-14-21-57(56)67)48-31-45(62(8,9)10)32-50(35-48)69-49-22-23-54-53-16-11-12-19-55(53)68(58(54)36-49)59-33-44(24-25-65-59)61(5,6)7/h11-36,38-39H,1-10H3/q+2. The average Bonchev–Trinajstić information content (AvgIpc) is 3.86. The van der Waals surface area contributed by atoms with Crippen LogP contribution in [0.1, 0.15) is 103 Å². The number of halogens is 2. The van der Waals surface area contributed by atoms with E-state index in [1.54, 1.807) is 0 Å². The van der Waals surface area contributed by atoms with E-state index in [1.807, 2.05) is 36.5 Å². The van der Waals surface area contributed by atoms with Crippen LogP contribution in [0.25, 0.3) is 49.9 Å². The molecule has 0 N–H and O–H groups in total. The highest BCUT2D eigenvalue weighted by molar-refractivity contribution is 6.09. The van der Waals surface area contributed by atoms with Crippen LogP contribution in [0.15, 0.2) is 158 Å². The highest BCUT2D eigenvalue weighted by Gasteiger charge is 2.40. The van der Waals surface area contributed by atoms with Crippen LogP contribution >= 0.6 is 0 Å². The maximum Gasteiger partial charge on any atom is 0.503 e. The van der Waals surface area contributed by atoms with E-state index >= 15 is 8.78 Å². The quantitative estimate of drug-likeness (QED) is 0.135. The van der Waals surface area contributed by atoms with Crippen LogP contribution in [0.3, 0.4) is 0 Å². The first-order valence-corrected chi connectivity index (χ1v) is 23.9. The van der Waals surface area contributed by atoms with Crippen molar-refractivity contribution >= 4 is 50.6 Å². The summed E-state index contributed by atoms with van der Waals surface area (Å²) in [6.45, 7) is 22.1. The van der Waals surface area contributed by atoms with Crippen molar-refractivity contribution in [2.24, 2.45) is 0 Å². The molecule has 7 aromatic carbocycles. The van der Waals surface area contributed by atoms with E-state index in [-0.39, 0.29) is 22.7 Å². The molecular formula is C62H58F2N4O+2. The third-order valence-electron chi connectivity index (χ3n) is 13.4. The van der Waals surface area contributed by atoms with Crippen molar-refractivity contribution in [2.45, 2.75) is 91.9 Å². The van der Waals surface area contributed by atoms with Crippen LogP contribution in [0.4, 0.5) is 31.5 Å². The number of benzene rings is 7. The maximum absolute atomic E-state index is 15.2. The number of hydrogen-bond donors (Lipinski definition) is 0. The molecule has 0 atom stereocenters. The lowest BCUT2D eigenvalue weighted by molar-refractivity contribution is 0.479. The van der Waals surface area contributed by atoms with Crippen LogP contribution in [0.2, 0.25) is 0 Å². The van der Waals surface area contributed by atoms with Crippen molar-refractivity contribution < 1.29 is 13.5 Å². The first kappa shape index (κ1) is 45.3. The summed E-state index contributed by atoms with van der Waals surface area (Å²) in [6.07, 6.45) is 1.90. The lowest BCUT2D eigenvalue weighted by atomic mass is 9.86. The third kappa shape index (κ3) is 8.57. The first-order chi connectivity index (χ1) is 32.9. The van der Waals surface area contributed by atoms with Crippen molar-refractivity contribution in [3.8, 4) is 39.6 Å². The molecule has 0 amide bonds. The van der Waals surface area contributed by atoms with Crippen LogP contribution < -0.4 is 13.9 Å². The predicted octanol–water partition coefficient (Wildman–Crippen LogP) is 17.3. The molecule has 5 nitrogen and oxygen atoms in total. The minimum Gasteiger partial charge on any atom is -0.457 e. The lowest BCUT2D eigenvalue weighted by Crippen LogP contribution is -2.12. The molecule has 0 aliphatic carbocycles. The molecule has 0 unspecified atom stereocenters. The van der Waals surface area contributed by atoms with Gasteiger partial charge in [-0.25, -0.2) is 13.8 Å². The van der Waals surface area contributed by atoms with Crippen LogP contribution in [-0.4, -0.2) is 15.6 Å². The molecule has 1 aliphatic heterocycles. The van der Waals surface area contributed by atoms with E-state index in [9.17, 15) is 0 Å². The van der Waals surface area contributed by atoms with Gasteiger partial charge in [0.2, 0.25) is 11.4 Å². The van der Waals surface area contributed by atoms with Crippen molar-refractivity contribution in [1.82, 2.24) is 18.7 Å². The van der Waals surface area contributed by atoms with Crippen LogP contribution in [0, 0.1) is 11.6 Å². The molecule has 3 heterocycles. The summed E-state index contributed by atoms with van der Waals surface area (Å²) in [5, 5.41) is 2.25. The predicted molar refractivity (Wildman–Crippen MR) is 282 cm³/mol. The first-order valence-electron chi connectivity index (χ1n) is 23.9. The van der Waals surface area contributed by atoms with Gasteiger partial charge < -0.3 is 4.74 Å². The van der Waals surface area contributed by atoms with Gasteiger partial charge in [0.1, 0.15) is 29.0 Å². The Balaban J connectivity index is 1.18. The Hall–Kier alpha value is -7.47. The molecule has 2 aromatic heterocycles. The Morgan fingerprint density at radius 3 is 1.80 bits per heavy atom. The second kappa shape index (κ2) is 17.2. The second-order valence-corrected chi connectivity index (χ2v) is 21.1. The normalized spacial score (nSPS) is 12.8. The van der Waals surface area contributed by atoms with Crippen molar-refractivity contribution in [3.05, 3.63) is 192 Å². The molecule has 1 aliphatic rings. The Kier molecular flexibility index (Phi) is 11.3. The minimum absolute atomic E-state index is 0.0500. The minimum atomic E-state index is -0.639. The van der Waals surface area contributed by atoms with E-state index in [2.05, 4.69) is 192 Å². The van der Waals surface area contributed by atoms with Gasteiger partial charge in [0.15, 0.2) is 0 Å². The Bertz CT molecular complexity index is 3530. The number of aromatic nitrogens is 2. The van der Waals surface area contributed by atoms with E-state index in [0.717, 1.165) is 73.1 Å². The number of fused-ring (bicyclic) bond motifs is 4. The number of ether oxygens (including phenoxy) is 1. The average molecular weight is 913 g/mol. The molecular weight excluding hydrogens is 855 g/mol. The fourth-order valence-corrected chi connectivity index (χ4v) is 9.48. The molecule has 0 spiro atoms. The molecule has 0 fully saturated rings. The molecule has 0 saturated heterocycles. The highest BCUT2D eigenvalue weighted by atomic mass is 19.1. The molecule has 0 bridgehead atoms. The zero-order chi connectivity index (χ0) is 48.5. The molecule has 0 saturated carbocycles. The van der Waals surface area contributed by atoms with Crippen molar-refractivity contribution in [2.75, 3.05) is 0 Å². The molecule has 7 heteroatoms. The van der Waals surface area contributed by atoms with E-state index in [1.165, 1.54) is 28.8 Å². The molecule has 10 rings (SSSR count). The number of nitrogens with zero attached hydrogens (tertiary/aromatic N) is 4. The molecule has 344 valence electrons. The van der Waals surface area contributed by atoms with Gasteiger partial charge in [-0.05, 0) is 126 Å². The van der Waals surface area contributed by atoms with Gasteiger partial charge in [-0.1, -0.05) is 124 Å². The largest absolute Gasteiger partial charge is 0.503 e. The van der Waals surface area contributed by atoms with Gasteiger partial charge >= 0.3 is 6.01 Å². The summed E-state index contributed by atoms with van der Waals surface area (Å²) < 4.78 is 43.6. The van der Waals surface area contributed by atoms with Crippen molar-refractivity contribution in [1.29, 1.82) is 0 Å². The summed E-state index contributed by atoms with van der Waals surface area (Å²) in [7, 11) is 0. The van der Waals surface area contributed by atoms with Crippen LogP contribution in [0.5, 0.6) is 11.5 Å². The van der Waals surface area contributed by atoms with E-state index in [4.69, 9.17) is 9.72 Å². The number of pyridine rings is 1. The monoisotopic (exact) mass is 912 g/mol. The number of hydrogen-bond acceptors (Lipinski definition) is 2. The molecule has 69 heavy (non-hydrogen) atoms. The van der Waals surface area contributed by atoms with Gasteiger partial charge in [0, 0.05) is 47.3 Å².